The molecule has 1 aliphatic heterocycles. The van der Waals surface area contributed by atoms with E-state index < -0.39 is 11.6 Å². The van der Waals surface area contributed by atoms with E-state index in [1.165, 1.54) is 25.0 Å². The predicted molar refractivity (Wildman–Crippen MR) is 71.1 cm³/mol. The van der Waals surface area contributed by atoms with Crippen molar-refractivity contribution in [2.45, 2.75) is 31.2 Å². The van der Waals surface area contributed by atoms with Crippen LogP contribution < -0.4 is 5.32 Å². The molecule has 0 unspecified atom stereocenters. The second kappa shape index (κ2) is 4.53. The Bertz CT molecular complexity index is 496. The number of thioether (sulfide) groups is 1. The average Bonchev–Trinajstić information content (AvgIpc) is 2.97. The van der Waals surface area contributed by atoms with Crippen molar-refractivity contribution in [3.05, 3.63) is 29.8 Å². The Labute approximate surface area is 109 Å². The van der Waals surface area contributed by atoms with E-state index in [1.54, 1.807) is 11.8 Å². The topological polar surface area (TPSA) is 24.4 Å². The number of benzene rings is 1. The number of rotatable bonds is 1. The summed E-state index contributed by atoms with van der Waals surface area (Å²) in [6.07, 6.45) is 4.64. The van der Waals surface area contributed by atoms with Gasteiger partial charge in [-0.25, -0.2) is 8.78 Å². The molecule has 0 saturated heterocycles. The molecule has 18 heavy (non-hydrogen) atoms. The van der Waals surface area contributed by atoms with Gasteiger partial charge in [0.15, 0.2) is 16.8 Å². The van der Waals surface area contributed by atoms with Gasteiger partial charge in [-0.05, 0) is 25.0 Å². The van der Waals surface area contributed by atoms with Crippen LogP contribution in [0.15, 0.2) is 23.2 Å². The molecule has 3 rings (SSSR count). The summed E-state index contributed by atoms with van der Waals surface area (Å²) in [6.45, 7) is 0. The zero-order valence-electron chi connectivity index (χ0n) is 9.88. The molecule has 1 aromatic rings. The summed E-state index contributed by atoms with van der Waals surface area (Å²) in [7, 11) is 0. The van der Waals surface area contributed by atoms with Gasteiger partial charge in [0.1, 0.15) is 0 Å². The van der Waals surface area contributed by atoms with Crippen molar-refractivity contribution in [2.75, 3.05) is 11.1 Å². The Kier molecular flexibility index (Phi) is 3.01. The Morgan fingerprint density at radius 3 is 2.78 bits per heavy atom. The van der Waals surface area contributed by atoms with Gasteiger partial charge >= 0.3 is 0 Å². The smallest absolute Gasteiger partial charge is 0.182 e. The highest BCUT2D eigenvalue weighted by Crippen LogP contribution is 2.41. The normalized spacial score (nSPS) is 21.3. The molecule has 2 aliphatic rings. The van der Waals surface area contributed by atoms with Crippen LogP contribution in [0.25, 0.3) is 0 Å². The molecule has 2 nitrogen and oxygen atoms in total. The lowest BCUT2D eigenvalue weighted by Crippen LogP contribution is -2.21. The summed E-state index contributed by atoms with van der Waals surface area (Å²) >= 11 is 1.60. The maximum absolute atomic E-state index is 13.5. The summed E-state index contributed by atoms with van der Waals surface area (Å²) in [5, 5.41) is 3.61. The third kappa shape index (κ3) is 2.11. The van der Waals surface area contributed by atoms with E-state index in [-0.39, 0.29) is 11.2 Å². The number of hydrogen-bond acceptors (Lipinski definition) is 3. The Morgan fingerprint density at radius 2 is 2.00 bits per heavy atom. The van der Waals surface area contributed by atoms with Crippen molar-refractivity contribution in [1.82, 2.24) is 0 Å². The van der Waals surface area contributed by atoms with Gasteiger partial charge in [-0.3, -0.25) is 4.99 Å². The van der Waals surface area contributed by atoms with Gasteiger partial charge in [0.2, 0.25) is 0 Å². The molecule has 1 aliphatic carbocycles. The number of hydrogen-bond donors (Lipinski definition) is 1. The minimum absolute atomic E-state index is 0.0524. The molecule has 96 valence electrons. The van der Waals surface area contributed by atoms with Crippen molar-refractivity contribution in [3.8, 4) is 0 Å². The summed E-state index contributed by atoms with van der Waals surface area (Å²) < 4.78 is 26.6. The van der Waals surface area contributed by atoms with E-state index >= 15 is 0 Å². The molecule has 1 N–H and O–H groups in total. The third-order valence-electron chi connectivity index (χ3n) is 3.54. The van der Waals surface area contributed by atoms with Gasteiger partial charge in [-0.1, -0.05) is 30.7 Å². The van der Waals surface area contributed by atoms with Crippen LogP contribution in [-0.2, 0) is 0 Å². The molecule has 0 radical (unpaired) electrons. The van der Waals surface area contributed by atoms with Crippen LogP contribution >= 0.6 is 11.8 Å². The largest absolute Gasteiger partial charge is 0.332 e. The molecular formula is C13H14F2N2S. The summed E-state index contributed by atoms with van der Waals surface area (Å²) in [5.74, 6) is -0.723. The monoisotopic (exact) mass is 268 g/mol. The minimum Gasteiger partial charge on any atom is -0.332 e. The van der Waals surface area contributed by atoms with Gasteiger partial charge in [0.25, 0.3) is 0 Å². The first kappa shape index (κ1) is 12.0. The summed E-state index contributed by atoms with van der Waals surface area (Å²) in [4.78, 5) is 4.66. The zero-order chi connectivity index (χ0) is 12.6. The van der Waals surface area contributed by atoms with E-state index in [2.05, 4.69) is 10.3 Å². The van der Waals surface area contributed by atoms with Crippen LogP contribution in [0, 0.1) is 11.6 Å². The third-order valence-corrected chi connectivity index (χ3v) is 4.69. The van der Waals surface area contributed by atoms with Crippen LogP contribution in [0.2, 0.25) is 0 Å². The van der Waals surface area contributed by atoms with E-state index in [9.17, 15) is 8.78 Å². The molecule has 1 heterocycles. The molecule has 5 heteroatoms. The lowest BCUT2D eigenvalue weighted by Gasteiger charge is -2.16. The highest BCUT2D eigenvalue weighted by molar-refractivity contribution is 8.14. The first-order chi connectivity index (χ1) is 8.69. The summed E-state index contributed by atoms with van der Waals surface area (Å²) in [6, 6.07) is 4.13. The fourth-order valence-corrected chi connectivity index (χ4v) is 3.75. The van der Waals surface area contributed by atoms with Gasteiger partial charge in [-0.15, -0.1) is 0 Å². The van der Waals surface area contributed by atoms with Crippen molar-refractivity contribution in [3.63, 3.8) is 0 Å². The molecule has 0 amide bonds. The molecule has 1 saturated carbocycles. The number of nitrogens with zero attached hydrogens (tertiary/aromatic N) is 1. The molecule has 1 aromatic carbocycles. The van der Waals surface area contributed by atoms with Crippen molar-refractivity contribution in [2.24, 2.45) is 4.99 Å². The summed E-state index contributed by atoms with van der Waals surface area (Å²) in [5.41, 5.74) is 0.216. The van der Waals surface area contributed by atoms with E-state index in [0.717, 1.165) is 24.7 Å². The second-order valence-electron chi connectivity index (χ2n) is 4.86. The van der Waals surface area contributed by atoms with Gasteiger partial charge in [-0.2, -0.15) is 0 Å². The average molecular weight is 268 g/mol. The number of nitrogens with one attached hydrogen (secondary N) is 1. The van der Waals surface area contributed by atoms with E-state index in [0.29, 0.717) is 5.17 Å². The SMILES string of the molecule is Fc1cccc(NC2=NC3(CCCC3)CS2)c1F. The quantitative estimate of drug-likeness (QED) is 0.838. The maximum Gasteiger partial charge on any atom is 0.182 e. The van der Waals surface area contributed by atoms with Gasteiger partial charge < -0.3 is 5.32 Å². The zero-order valence-corrected chi connectivity index (χ0v) is 10.7. The van der Waals surface area contributed by atoms with Gasteiger partial charge in [0, 0.05) is 5.75 Å². The van der Waals surface area contributed by atoms with Crippen molar-refractivity contribution >= 4 is 22.6 Å². The molecule has 0 atom stereocenters. The highest BCUT2D eigenvalue weighted by atomic mass is 32.2. The first-order valence-electron chi connectivity index (χ1n) is 6.12. The molecule has 1 spiro atoms. The van der Waals surface area contributed by atoms with Gasteiger partial charge in [0.05, 0.1) is 11.2 Å². The van der Waals surface area contributed by atoms with Crippen LogP contribution in [0.1, 0.15) is 25.7 Å². The molecule has 0 aromatic heterocycles. The number of aliphatic imine (C=N–C) groups is 1. The lowest BCUT2D eigenvalue weighted by molar-refractivity contribution is 0.507. The van der Waals surface area contributed by atoms with Crippen LogP contribution in [-0.4, -0.2) is 16.5 Å². The maximum atomic E-state index is 13.5. The van der Waals surface area contributed by atoms with Crippen molar-refractivity contribution < 1.29 is 8.78 Å². The van der Waals surface area contributed by atoms with E-state index in [1.807, 2.05) is 0 Å². The number of anilines is 1. The van der Waals surface area contributed by atoms with Crippen LogP contribution in [0.4, 0.5) is 14.5 Å². The van der Waals surface area contributed by atoms with Crippen LogP contribution in [0.3, 0.4) is 0 Å². The van der Waals surface area contributed by atoms with E-state index in [4.69, 9.17) is 0 Å². The predicted octanol–water partition coefficient (Wildman–Crippen LogP) is 3.79. The highest BCUT2D eigenvalue weighted by Gasteiger charge is 2.38. The number of halogens is 2. The first-order valence-corrected chi connectivity index (χ1v) is 7.11. The molecule has 1 fully saturated rings. The Morgan fingerprint density at radius 1 is 1.22 bits per heavy atom. The fraction of sp³-hybridized carbons (Fsp3) is 0.462. The minimum atomic E-state index is -0.840. The standard InChI is InChI=1S/C13H14F2N2S/c14-9-4-3-5-10(11(9)15)16-12-17-13(8-18-12)6-1-2-7-13/h3-5H,1-2,6-8H2,(H,16,17). The Hall–Kier alpha value is -1.10. The Balaban J connectivity index is 1.79. The van der Waals surface area contributed by atoms with Crippen LogP contribution in [0.5, 0.6) is 0 Å². The molecule has 0 bridgehead atoms. The number of amidine groups is 1. The lowest BCUT2D eigenvalue weighted by atomic mass is 10.0. The van der Waals surface area contributed by atoms with Crippen molar-refractivity contribution in [1.29, 1.82) is 0 Å². The fourth-order valence-electron chi connectivity index (χ4n) is 2.55. The second-order valence-corrected chi connectivity index (χ2v) is 5.83. The molecular weight excluding hydrogens is 254 g/mol.